The summed E-state index contributed by atoms with van der Waals surface area (Å²) in [6, 6.07) is 13.7. The molecule has 8 heteroatoms. The molecule has 6 nitrogen and oxygen atoms in total. The minimum absolute atomic E-state index is 0.00883. The molecule has 33 heavy (non-hydrogen) atoms. The van der Waals surface area contributed by atoms with Gasteiger partial charge in [0, 0.05) is 38.2 Å². The molecular formula is C25H24F2N4O2. The summed E-state index contributed by atoms with van der Waals surface area (Å²) in [5.41, 5.74) is 2.56. The van der Waals surface area contributed by atoms with Gasteiger partial charge in [-0.1, -0.05) is 30.3 Å². The molecule has 1 amide bonds. The molecule has 3 aromatic rings. The highest BCUT2D eigenvalue weighted by atomic mass is 19.2. The number of ether oxygens (including phenoxy) is 1. The molecule has 3 heterocycles. The van der Waals surface area contributed by atoms with E-state index >= 15 is 0 Å². The fraction of sp³-hybridized carbons (Fsp3) is 0.320. The van der Waals surface area contributed by atoms with E-state index in [1.165, 1.54) is 29.6 Å². The molecule has 1 aromatic heterocycles. The molecule has 0 bridgehead atoms. The summed E-state index contributed by atoms with van der Waals surface area (Å²) in [6.07, 6.45) is 3.70. The molecule has 5 rings (SSSR count). The Morgan fingerprint density at radius 2 is 1.76 bits per heavy atom. The largest absolute Gasteiger partial charge is 0.436 e. The van der Waals surface area contributed by atoms with Crippen LogP contribution < -0.4 is 9.64 Å². The second-order valence-electron chi connectivity index (χ2n) is 8.41. The average molecular weight is 450 g/mol. The van der Waals surface area contributed by atoms with Crippen molar-refractivity contribution in [3.63, 3.8) is 0 Å². The van der Waals surface area contributed by atoms with E-state index in [2.05, 4.69) is 27.0 Å². The molecule has 0 saturated carbocycles. The van der Waals surface area contributed by atoms with Crippen LogP contribution in [-0.4, -0.2) is 40.4 Å². The number of benzene rings is 2. The molecule has 0 radical (unpaired) electrons. The Bertz CT molecular complexity index is 1160. The van der Waals surface area contributed by atoms with Gasteiger partial charge in [-0.25, -0.2) is 14.4 Å². The van der Waals surface area contributed by atoms with Gasteiger partial charge in [0.1, 0.15) is 12.1 Å². The number of aromatic nitrogens is 2. The van der Waals surface area contributed by atoms with Gasteiger partial charge in [0.2, 0.25) is 17.6 Å². The number of carbonyl (C=O) groups is 1. The number of amides is 1. The minimum Gasteiger partial charge on any atom is -0.436 e. The van der Waals surface area contributed by atoms with Crippen LogP contribution in [0.15, 0.2) is 54.9 Å². The summed E-state index contributed by atoms with van der Waals surface area (Å²) in [5.74, 6) is -1.29. The molecule has 170 valence electrons. The van der Waals surface area contributed by atoms with Crippen LogP contribution in [0.5, 0.6) is 11.6 Å². The molecule has 0 N–H and O–H groups in total. The number of fused-ring (bicyclic) bond motifs is 1. The highest BCUT2D eigenvalue weighted by molar-refractivity contribution is 5.79. The normalized spacial score (nSPS) is 16.4. The highest BCUT2D eigenvalue weighted by Gasteiger charge is 2.30. The molecule has 0 aliphatic carbocycles. The van der Waals surface area contributed by atoms with Crippen molar-refractivity contribution >= 4 is 11.7 Å². The average Bonchev–Trinajstić information content (AvgIpc) is 2.86. The second-order valence-corrected chi connectivity index (χ2v) is 8.41. The van der Waals surface area contributed by atoms with Crippen LogP contribution >= 0.6 is 0 Å². The number of hydrogen-bond donors (Lipinski definition) is 0. The Balaban J connectivity index is 1.20. The monoisotopic (exact) mass is 450 g/mol. The lowest BCUT2D eigenvalue weighted by atomic mass is 9.93. The predicted octanol–water partition coefficient (Wildman–Crippen LogP) is 4.35. The van der Waals surface area contributed by atoms with E-state index < -0.39 is 11.6 Å². The number of carbonyl (C=O) groups excluding carboxylic acids is 1. The molecule has 1 fully saturated rings. The third kappa shape index (κ3) is 4.51. The van der Waals surface area contributed by atoms with Gasteiger partial charge >= 0.3 is 0 Å². The first-order chi connectivity index (χ1) is 16.1. The van der Waals surface area contributed by atoms with Gasteiger partial charge in [-0.15, -0.1) is 0 Å². The summed E-state index contributed by atoms with van der Waals surface area (Å²) < 4.78 is 32.8. The third-order valence-electron chi connectivity index (χ3n) is 6.37. The molecular weight excluding hydrogens is 426 g/mol. The van der Waals surface area contributed by atoms with Gasteiger partial charge in [-0.2, -0.15) is 4.39 Å². The summed E-state index contributed by atoms with van der Waals surface area (Å²) in [4.78, 5) is 25.5. The lowest BCUT2D eigenvalue weighted by Crippen LogP contribution is -2.44. The number of hydrogen-bond acceptors (Lipinski definition) is 5. The van der Waals surface area contributed by atoms with Crippen molar-refractivity contribution < 1.29 is 18.3 Å². The van der Waals surface area contributed by atoms with Crippen LogP contribution in [0.25, 0.3) is 0 Å². The Kier molecular flexibility index (Phi) is 5.90. The quantitative estimate of drug-likeness (QED) is 0.592. The summed E-state index contributed by atoms with van der Waals surface area (Å²) >= 11 is 0. The zero-order valence-electron chi connectivity index (χ0n) is 18.1. The standard InChI is InChI=1S/C25H24F2N4O2/c26-20-6-3-7-21(24(20)27)33-23-14-22(28-16-29-23)30-11-9-18(10-12-30)25(32)31-13-8-17-4-1-2-5-19(17)15-31/h1-7,14,16,18H,8-13,15H2. The van der Waals surface area contributed by atoms with E-state index in [9.17, 15) is 13.6 Å². The maximum Gasteiger partial charge on any atom is 0.226 e. The van der Waals surface area contributed by atoms with E-state index in [0.29, 0.717) is 25.5 Å². The fourth-order valence-corrected chi connectivity index (χ4v) is 4.53. The summed E-state index contributed by atoms with van der Waals surface area (Å²) in [6.45, 7) is 2.79. The number of halogens is 2. The molecule has 1 saturated heterocycles. The number of rotatable bonds is 4. The Labute approximate surface area is 190 Å². The van der Waals surface area contributed by atoms with Crippen molar-refractivity contribution in [2.75, 3.05) is 24.5 Å². The van der Waals surface area contributed by atoms with Crippen LogP contribution in [0.4, 0.5) is 14.6 Å². The second kappa shape index (κ2) is 9.13. The molecule has 2 aromatic carbocycles. The Morgan fingerprint density at radius 3 is 2.58 bits per heavy atom. The molecule has 2 aliphatic heterocycles. The molecule has 0 spiro atoms. The predicted molar refractivity (Wildman–Crippen MR) is 119 cm³/mol. The van der Waals surface area contributed by atoms with Crippen molar-refractivity contribution in [3.8, 4) is 11.6 Å². The van der Waals surface area contributed by atoms with Crippen molar-refractivity contribution in [2.45, 2.75) is 25.8 Å². The van der Waals surface area contributed by atoms with Gasteiger partial charge < -0.3 is 14.5 Å². The van der Waals surface area contributed by atoms with E-state index in [1.54, 1.807) is 6.07 Å². The highest BCUT2D eigenvalue weighted by Crippen LogP contribution is 2.29. The van der Waals surface area contributed by atoms with Crippen molar-refractivity contribution in [2.24, 2.45) is 5.92 Å². The number of anilines is 1. The fourth-order valence-electron chi connectivity index (χ4n) is 4.53. The van der Waals surface area contributed by atoms with E-state index in [1.807, 2.05) is 17.0 Å². The maximum atomic E-state index is 13.9. The van der Waals surface area contributed by atoms with Crippen LogP contribution in [0, 0.1) is 17.6 Å². The van der Waals surface area contributed by atoms with Crippen LogP contribution in [0.1, 0.15) is 24.0 Å². The van der Waals surface area contributed by atoms with Gasteiger partial charge in [-0.05, 0) is 42.5 Å². The van der Waals surface area contributed by atoms with Crippen molar-refractivity contribution in [1.29, 1.82) is 0 Å². The van der Waals surface area contributed by atoms with Crippen LogP contribution in [0.2, 0.25) is 0 Å². The van der Waals surface area contributed by atoms with Crippen LogP contribution in [-0.2, 0) is 17.8 Å². The molecule has 0 atom stereocenters. The topological polar surface area (TPSA) is 58.6 Å². The van der Waals surface area contributed by atoms with Gasteiger partial charge in [-0.3, -0.25) is 4.79 Å². The first-order valence-corrected chi connectivity index (χ1v) is 11.1. The van der Waals surface area contributed by atoms with Crippen LogP contribution in [0.3, 0.4) is 0 Å². The van der Waals surface area contributed by atoms with Gasteiger partial charge in [0.05, 0.1) is 0 Å². The van der Waals surface area contributed by atoms with Crippen molar-refractivity contribution in [3.05, 3.63) is 77.6 Å². The third-order valence-corrected chi connectivity index (χ3v) is 6.37. The smallest absolute Gasteiger partial charge is 0.226 e. The van der Waals surface area contributed by atoms with Crippen molar-refractivity contribution in [1.82, 2.24) is 14.9 Å². The van der Waals surface area contributed by atoms with Gasteiger partial charge in [0.25, 0.3) is 0 Å². The SMILES string of the molecule is O=C(C1CCN(c2cc(Oc3cccc(F)c3F)ncn2)CC1)N1CCc2ccccc2C1. The lowest BCUT2D eigenvalue weighted by molar-refractivity contribution is -0.137. The first-order valence-electron chi connectivity index (χ1n) is 11.1. The van der Waals surface area contributed by atoms with E-state index in [-0.39, 0.29) is 23.5 Å². The first kappa shape index (κ1) is 21.3. The number of piperidine rings is 1. The Hall–Kier alpha value is -3.55. The molecule has 0 unspecified atom stereocenters. The van der Waals surface area contributed by atoms with Gasteiger partial charge in [0.15, 0.2) is 11.6 Å². The number of nitrogens with zero attached hydrogens (tertiary/aromatic N) is 4. The zero-order valence-corrected chi connectivity index (χ0v) is 18.1. The summed E-state index contributed by atoms with van der Waals surface area (Å²) in [5, 5.41) is 0. The zero-order chi connectivity index (χ0) is 22.8. The minimum atomic E-state index is -1.06. The molecule has 2 aliphatic rings. The summed E-state index contributed by atoms with van der Waals surface area (Å²) in [7, 11) is 0. The maximum absolute atomic E-state index is 13.9. The van der Waals surface area contributed by atoms with E-state index in [4.69, 9.17) is 4.74 Å². The lowest BCUT2D eigenvalue weighted by Gasteiger charge is -2.36. The Morgan fingerprint density at radius 1 is 0.970 bits per heavy atom. The van der Waals surface area contributed by atoms with E-state index in [0.717, 1.165) is 31.9 Å².